The molecule has 0 aromatic heterocycles. The number of fused-ring (bicyclic) bond motifs is 1. The molecule has 30 heavy (non-hydrogen) atoms. The van der Waals surface area contributed by atoms with Crippen molar-refractivity contribution in [1.82, 2.24) is 0 Å². The number of amides is 1. The first-order chi connectivity index (χ1) is 14.2. The predicted octanol–water partition coefficient (Wildman–Crippen LogP) is 4.45. The van der Waals surface area contributed by atoms with Crippen LogP contribution in [0.3, 0.4) is 0 Å². The SMILES string of the molecule is Cc1cc(OCC(=O)OC(C)C(=O)Nc2ccc3c(c2)OCO3)c(C(C)C)cc1Cl. The number of hydrogen-bond donors (Lipinski definition) is 1. The molecule has 1 aliphatic heterocycles. The first-order valence-electron chi connectivity index (χ1n) is 9.57. The minimum absolute atomic E-state index is 0.145. The highest BCUT2D eigenvalue weighted by Gasteiger charge is 2.21. The number of halogens is 1. The second-order valence-electron chi connectivity index (χ2n) is 7.27. The molecule has 8 heteroatoms. The maximum Gasteiger partial charge on any atom is 0.344 e. The fourth-order valence-corrected chi connectivity index (χ4v) is 3.06. The average molecular weight is 434 g/mol. The molecule has 0 saturated carbocycles. The first-order valence-corrected chi connectivity index (χ1v) is 9.95. The molecular formula is C22H24ClNO6. The summed E-state index contributed by atoms with van der Waals surface area (Å²) >= 11 is 6.19. The van der Waals surface area contributed by atoms with Crippen LogP contribution in [0.4, 0.5) is 5.69 Å². The Morgan fingerprint density at radius 1 is 1.13 bits per heavy atom. The molecule has 1 heterocycles. The Morgan fingerprint density at radius 3 is 2.60 bits per heavy atom. The minimum Gasteiger partial charge on any atom is -0.482 e. The Kier molecular flexibility index (Phi) is 6.72. The Balaban J connectivity index is 1.54. The van der Waals surface area contributed by atoms with Gasteiger partial charge in [0.25, 0.3) is 5.91 Å². The van der Waals surface area contributed by atoms with E-state index in [4.69, 9.17) is 30.5 Å². The molecule has 0 fully saturated rings. The molecule has 3 rings (SSSR count). The van der Waals surface area contributed by atoms with E-state index >= 15 is 0 Å². The molecule has 2 aromatic carbocycles. The van der Waals surface area contributed by atoms with Crippen LogP contribution in [0, 0.1) is 6.92 Å². The molecule has 2 aromatic rings. The lowest BCUT2D eigenvalue weighted by Crippen LogP contribution is -2.31. The van der Waals surface area contributed by atoms with Crippen molar-refractivity contribution in [3.05, 3.63) is 46.5 Å². The number of nitrogens with one attached hydrogen (secondary N) is 1. The van der Waals surface area contributed by atoms with E-state index in [0.29, 0.717) is 28.0 Å². The molecule has 0 saturated heterocycles. The van der Waals surface area contributed by atoms with Crippen LogP contribution >= 0.6 is 11.6 Å². The van der Waals surface area contributed by atoms with Gasteiger partial charge in [-0.25, -0.2) is 4.79 Å². The van der Waals surface area contributed by atoms with E-state index in [2.05, 4.69) is 5.32 Å². The summed E-state index contributed by atoms with van der Waals surface area (Å²) < 4.78 is 21.4. The average Bonchev–Trinajstić information content (AvgIpc) is 3.16. The Bertz CT molecular complexity index is 959. The lowest BCUT2D eigenvalue weighted by atomic mass is 10.0. The lowest BCUT2D eigenvalue weighted by molar-refractivity contribution is -0.155. The van der Waals surface area contributed by atoms with Gasteiger partial charge < -0.3 is 24.3 Å². The third-order valence-electron chi connectivity index (χ3n) is 4.58. The van der Waals surface area contributed by atoms with Crippen molar-refractivity contribution in [2.45, 2.75) is 39.7 Å². The summed E-state index contributed by atoms with van der Waals surface area (Å²) in [6.07, 6.45) is -0.997. The van der Waals surface area contributed by atoms with E-state index in [-0.39, 0.29) is 19.3 Å². The minimum atomic E-state index is -0.997. The molecule has 7 nitrogen and oxygen atoms in total. The number of anilines is 1. The fraction of sp³-hybridized carbons (Fsp3) is 0.364. The van der Waals surface area contributed by atoms with Crippen molar-refractivity contribution in [3.8, 4) is 17.2 Å². The highest BCUT2D eigenvalue weighted by atomic mass is 35.5. The van der Waals surface area contributed by atoms with Gasteiger partial charge in [0, 0.05) is 16.8 Å². The Hall–Kier alpha value is -2.93. The summed E-state index contributed by atoms with van der Waals surface area (Å²) in [5, 5.41) is 3.32. The van der Waals surface area contributed by atoms with Gasteiger partial charge in [0.2, 0.25) is 6.79 Å². The normalized spacial score (nSPS) is 13.1. The van der Waals surface area contributed by atoms with E-state index < -0.39 is 18.0 Å². The zero-order chi connectivity index (χ0) is 21.8. The van der Waals surface area contributed by atoms with Gasteiger partial charge in [-0.05, 0) is 55.2 Å². The third kappa shape index (κ3) is 5.16. The fourth-order valence-electron chi connectivity index (χ4n) is 2.89. The van der Waals surface area contributed by atoms with Gasteiger partial charge >= 0.3 is 5.97 Å². The molecule has 0 aliphatic carbocycles. The van der Waals surface area contributed by atoms with Gasteiger partial charge in [0.15, 0.2) is 24.2 Å². The van der Waals surface area contributed by atoms with E-state index in [0.717, 1.165) is 11.1 Å². The molecule has 1 atom stereocenters. The lowest BCUT2D eigenvalue weighted by Gasteiger charge is -2.17. The van der Waals surface area contributed by atoms with Crippen LogP contribution in [-0.2, 0) is 14.3 Å². The van der Waals surface area contributed by atoms with E-state index in [9.17, 15) is 9.59 Å². The largest absolute Gasteiger partial charge is 0.482 e. The van der Waals surface area contributed by atoms with Crippen LogP contribution < -0.4 is 19.5 Å². The second kappa shape index (κ2) is 9.26. The summed E-state index contributed by atoms with van der Waals surface area (Å²) in [7, 11) is 0. The highest BCUT2D eigenvalue weighted by molar-refractivity contribution is 6.31. The number of carbonyl (C=O) groups excluding carboxylic acids is 2. The van der Waals surface area contributed by atoms with Crippen LogP contribution in [0.5, 0.6) is 17.2 Å². The standard InChI is InChI=1S/C22H24ClNO6/c1-12(2)16-9-17(23)13(3)7-19(16)27-10-21(25)30-14(4)22(26)24-15-5-6-18-20(8-15)29-11-28-18/h5-9,12,14H,10-11H2,1-4H3,(H,24,26). The number of benzene rings is 2. The van der Waals surface area contributed by atoms with Crippen molar-refractivity contribution in [2.75, 3.05) is 18.7 Å². The van der Waals surface area contributed by atoms with Crippen molar-refractivity contribution >= 4 is 29.2 Å². The van der Waals surface area contributed by atoms with Crippen molar-refractivity contribution in [3.63, 3.8) is 0 Å². The molecule has 0 spiro atoms. The van der Waals surface area contributed by atoms with Crippen LogP contribution in [0.25, 0.3) is 0 Å². The van der Waals surface area contributed by atoms with Gasteiger partial charge in [-0.1, -0.05) is 25.4 Å². The summed E-state index contributed by atoms with van der Waals surface area (Å²) in [4.78, 5) is 24.5. The van der Waals surface area contributed by atoms with Gasteiger partial charge in [-0.2, -0.15) is 0 Å². The van der Waals surface area contributed by atoms with Crippen LogP contribution in [0.2, 0.25) is 5.02 Å². The maximum atomic E-state index is 12.3. The highest BCUT2D eigenvalue weighted by Crippen LogP contribution is 2.34. The number of carbonyl (C=O) groups is 2. The quantitative estimate of drug-likeness (QED) is 0.649. The smallest absolute Gasteiger partial charge is 0.344 e. The molecule has 1 N–H and O–H groups in total. The van der Waals surface area contributed by atoms with Gasteiger partial charge in [-0.3, -0.25) is 4.79 Å². The number of aryl methyl sites for hydroxylation is 1. The molecule has 160 valence electrons. The van der Waals surface area contributed by atoms with Gasteiger partial charge in [-0.15, -0.1) is 0 Å². The number of rotatable bonds is 7. The number of hydrogen-bond acceptors (Lipinski definition) is 6. The van der Waals surface area contributed by atoms with Crippen LogP contribution in [0.15, 0.2) is 30.3 Å². The molecule has 1 aliphatic rings. The summed E-state index contributed by atoms with van der Waals surface area (Å²) in [6, 6.07) is 8.65. The molecular weight excluding hydrogens is 410 g/mol. The monoisotopic (exact) mass is 433 g/mol. The number of ether oxygens (including phenoxy) is 4. The summed E-state index contributed by atoms with van der Waals surface area (Å²) in [5.74, 6) is 0.785. The van der Waals surface area contributed by atoms with E-state index in [1.165, 1.54) is 6.92 Å². The topological polar surface area (TPSA) is 83.1 Å². The zero-order valence-electron chi connectivity index (χ0n) is 17.3. The Morgan fingerprint density at radius 2 is 1.87 bits per heavy atom. The predicted molar refractivity (Wildman–Crippen MR) is 113 cm³/mol. The van der Waals surface area contributed by atoms with Crippen LogP contribution in [-0.4, -0.2) is 31.4 Å². The van der Waals surface area contributed by atoms with Crippen molar-refractivity contribution in [1.29, 1.82) is 0 Å². The van der Waals surface area contributed by atoms with E-state index in [1.54, 1.807) is 24.3 Å². The zero-order valence-corrected chi connectivity index (χ0v) is 18.0. The van der Waals surface area contributed by atoms with Gasteiger partial charge in [0.1, 0.15) is 5.75 Å². The number of esters is 1. The third-order valence-corrected chi connectivity index (χ3v) is 4.98. The summed E-state index contributed by atoms with van der Waals surface area (Å²) in [5.41, 5.74) is 2.26. The molecule has 1 unspecified atom stereocenters. The summed E-state index contributed by atoms with van der Waals surface area (Å²) in [6.45, 7) is 7.20. The molecule has 0 bridgehead atoms. The maximum absolute atomic E-state index is 12.3. The Labute approximate surface area is 180 Å². The first kappa shape index (κ1) is 21.8. The van der Waals surface area contributed by atoms with Crippen LogP contribution in [0.1, 0.15) is 37.8 Å². The van der Waals surface area contributed by atoms with Gasteiger partial charge in [0.05, 0.1) is 0 Å². The van der Waals surface area contributed by atoms with Crippen molar-refractivity contribution < 1.29 is 28.5 Å². The second-order valence-corrected chi connectivity index (χ2v) is 7.68. The molecule has 0 radical (unpaired) electrons. The van der Waals surface area contributed by atoms with E-state index in [1.807, 2.05) is 26.8 Å². The van der Waals surface area contributed by atoms with Crippen molar-refractivity contribution in [2.24, 2.45) is 0 Å². The molecule has 1 amide bonds.